The Kier molecular flexibility index (Phi) is 9.69. The number of piperidine rings is 1. The fourth-order valence-corrected chi connectivity index (χ4v) is 6.07. The highest BCUT2D eigenvalue weighted by atomic mass is 35.5. The number of unbranched alkanes of at least 4 members (excludes halogenated alkanes) is 1. The lowest BCUT2D eigenvalue weighted by Crippen LogP contribution is -2.37. The second kappa shape index (κ2) is 13.0. The van der Waals surface area contributed by atoms with Gasteiger partial charge in [-0.2, -0.15) is 0 Å². The zero-order valence-corrected chi connectivity index (χ0v) is 24.1. The van der Waals surface area contributed by atoms with Crippen molar-refractivity contribution in [2.45, 2.75) is 52.9 Å². The van der Waals surface area contributed by atoms with E-state index in [0.717, 1.165) is 55.6 Å². The summed E-state index contributed by atoms with van der Waals surface area (Å²) in [4.78, 5) is 28.4. The number of rotatable bonds is 10. The maximum absolute atomic E-state index is 14.6. The van der Waals surface area contributed by atoms with Gasteiger partial charge in [-0.3, -0.25) is 14.5 Å². The lowest BCUT2D eigenvalue weighted by atomic mass is 9.95. The molecule has 0 spiro atoms. The molecule has 1 aliphatic heterocycles. The van der Waals surface area contributed by atoms with E-state index in [0.29, 0.717) is 29.5 Å². The van der Waals surface area contributed by atoms with Crippen LogP contribution in [0.25, 0.3) is 10.6 Å². The number of hydrogen-bond acceptors (Lipinski definition) is 6. The standard InChI is InChI=1S/C29H34ClFN4O3S/c1-4-5-12-35(27(36)23-7-6-8-24(30)25(23)31)29-33-32-26(39-29)21-16-18(2)22(19(3)17-21)11-15-34-13-9-20(10-14-34)28(37)38/h6-8,16-17,20H,4-5,9-15H2,1-3H3,(H,37,38). The highest BCUT2D eigenvalue weighted by Gasteiger charge is 2.26. The third kappa shape index (κ3) is 6.83. The molecule has 1 fully saturated rings. The molecule has 0 saturated carbocycles. The summed E-state index contributed by atoms with van der Waals surface area (Å²) >= 11 is 7.24. The Labute approximate surface area is 237 Å². The molecule has 2 aromatic carbocycles. The van der Waals surface area contributed by atoms with Gasteiger partial charge in [0.2, 0.25) is 5.13 Å². The maximum Gasteiger partial charge on any atom is 0.306 e. The van der Waals surface area contributed by atoms with Gasteiger partial charge in [0.15, 0.2) is 5.82 Å². The van der Waals surface area contributed by atoms with Crippen molar-refractivity contribution >= 4 is 39.9 Å². The van der Waals surface area contributed by atoms with Crippen LogP contribution in [0.3, 0.4) is 0 Å². The molecule has 39 heavy (non-hydrogen) atoms. The first-order chi connectivity index (χ1) is 18.7. The molecule has 1 saturated heterocycles. The number of hydrogen-bond donors (Lipinski definition) is 1. The molecule has 208 valence electrons. The molecular formula is C29H34ClFN4O3S. The van der Waals surface area contributed by atoms with Crippen molar-refractivity contribution in [3.63, 3.8) is 0 Å². The lowest BCUT2D eigenvalue weighted by Gasteiger charge is -2.30. The van der Waals surface area contributed by atoms with E-state index in [-0.39, 0.29) is 16.5 Å². The van der Waals surface area contributed by atoms with E-state index in [1.54, 1.807) is 6.07 Å². The van der Waals surface area contributed by atoms with Crippen LogP contribution in [0, 0.1) is 25.6 Å². The lowest BCUT2D eigenvalue weighted by molar-refractivity contribution is -0.143. The zero-order valence-electron chi connectivity index (χ0n) is 22.5. The van der Waals surface area contributed by atoms with Gasteiger partial charge >= 0.3 is 5.97 Å². The summed E-state index contributed by atoms with van der Waals surface area (Å²) < 4.78 is 14.6. The fourth-order valence-electron chi connectivity index (χ4n) is 5.04. The van der Waals surface area contributed by atoms with E-state index in [1.807, 2.05) is 6.92 Å². The minimum Gasteiger partial charge on any atom is -0.481 e. The Morgan fingerprint density at radius 2 is 1.87 bits per heavy atom. The van der Waals surface area contributed by atoms with Crippen molar-refractivity contribution in [2.75, 3.05) is 31.1 Å². The van der Waals surface area contributed by atoms with Crippen molar-refractivity contribution in [3.8, 4) is 10.6 Å². The van der Waals surface area contributed by atoms with Crippen molar-refractivity contribution in [1.29, 1.82) is 0 Å². The van der Waals surface area contributed by atoms with Crippen LogP contribution in [0.4, 0.5) is 9.52 Å². The average Bonchev–Trinajstić information content (AvgIpc) is 3.40. The van der Waals surface area contributed by atoms with Crippen LogP contribution < -0.4 is 4.90 Å². The minimum atomic E-state index is -0.733. The normalized spacial score (nSPS) is 14.5. The number of benzene rings is 2. The van der Waals surface area contributed by atoms with Crippen molar-refractivity contribution < 1.29 is 19.1 Å². The fraction of sp³-hybridized carbons (Fsp3) is 0.448. The second-order valence-electron chi connectivity index (χ2n) is 10.1. The molecule has 4 rings (SSSR count). The molecule has 0 aliphatic carbocycles. The van der Waals surface area contributed by atoms with Gasteiger partial charge in [-0.25, -0.2) is 4.39 Å². The quantitative estimate of drug-likeness (QED) is 0.302. The Balaban J connectivity index is 1.50. The summed E-state index contributed by atoms with van der Waals surface area (Å²) in [6.45, 7) is 9.12. The first kappa shape index (κ1) is 29.1. The molecule has 1 amide bonds. The number of amides is 1. The van der Waals surface area contributed by atoms with Crippen LogP contribution in [0.15, 0.2) is 30.3 Å². The Bertz CT molecular complexity index is 1320. The van der Waals surface area contributed by atoms with Crippen LogP contribution in [-0.2, 0) is 11.2 Å². The number of aliphatic carboxylic acids is 1. The Hall–Kier alpha value is -2.88. The predicted octanol–water partition coefficient (Wildman–Crippen LogP) is 6.40. The molecule has 7 nitrogen and oxygen atoms in total. The van der Waals surface area contributed by atoms with E-state index in [2.05, 4.69) is 41.1 Å². The largest absolute Gasteiger partial charge is 0.481 e. The summed E-state index contributed by atoms with van der Waals surface area (Å²) in [5, 5.41) is 18.9. The van der Waals surface area contributed by atoms with Gasteiger partial charge in [-0.05, 0) is 93.6 Å². The molecule has 1 aliphatic rings. The summed E-state index contributed by atoms with van der Waals surface area (Å²) in [6.07, 6.45) is 3.90. The molecule has 0 radical (unpaired) electrons. The van der Waals surface area contributed by atoms with E-state index < -0.39 is 17.7 Å². The molecule has 0 atom stereocenters. The summed E-state index contributed by atoms with van der Waals surface area (Å²) in [6, 6.07) is 8.61. The highest BCUT2D eigenvalue weighted by molar-refractivity contribution is 7.18. The van der Waals surface area contributed by atoms with E-state index in [4.69, 9.17) is 11.6 Å². The molecule has 2 heterocycles. The highest BCUT2D eigenvalue weighted by Crippen LogP contribution is 2.33. The predicted molar refractivity (Wildman–Crippen MR) is 153 cm³/mol. The third-order valence-electron chi connectivity index (χ3n) is 7.37. The molecular weight excluding hydrogens is 539 g/mol. The Morgan fingerprint density at radius 1 is 1.18 bits per heavy atom. The number of likely N-dealkylation sites (tertiary alicyclic amines) is 1. The summed E-state index contributed by atoms with van der Waals surface area (Å²) in [5.41, 5.74) is 4.43. The first-order valence-electron chi connectivity index (χ1n) is 13.3. The van der Waals surface area contributed by atoms with Crippen LogP contribution in [0.1, 0.15) is 59.7 Å². The molecule has 1 aromatic heterocycles. The topological polar surface area (TPSA) is 86.6 Å². The second-order valence-corrected chi connectivity index (χ2v) is 11.5. The summed E-state index contributed by atoms with van der Waals surface area (Å²) in [7, 11) is 0. The molecule has 3 aromatic rings. The molecule has 1 N–H and O–H groups in total. The van der Waals surface area contributed by atoms with Crippen molar-refractivity contribution in [1.82, 2.24) is 15.1 Å². The number of carbonyl (C=O) groups is 2. The summed E-state index contributed by atoms with van der Waals surface area (Å²) in [5.74, 6) is -2.13. The van der Waals surface area contributed by atoms with Crippen LogP contribution in [-0.4, -0.2) is 58.3 Å². The number of anilines is 1. The number of aromatic nitrogens is 2. The van der Waals surface area contributed by atoms with Crippen LogP contribution in [0.5, 0.6) is 0 Å². The van der Waals surface area contributed by atoms with Crippen LogP contribution >= 0.6 is 22.9 Å². The van der Waals surface area contributed by atoms with Gasteiger partial charge < -0.3 is 10.0 Å². The SMILES string of the molecule is CCCCN(C(=O)c1cccc(Cl)c1F)c1nnc(-c2cc(C)c(CCN3CCC(C(=O)O)CC3)c(C)c2)s1. The number of aryl methyl sites for hydroxylation is 2. The smallest absolute Gasteiger partial charge is 0.306 e. The number of nitrogens with zero attached hydrogens (tertiary/aromatic N) is 4. The van der Waals surface area contributed by atoms with Gasteiger partial charge in [0, 0.05) is 18.7 Å². The van der Waals surface area contributed by atoms with Gasteiger partial charge in [-0.1, -0.05) is 42.3 Å². The monoisotopic (exact) mass is 572 g/mol. The Morgan fingerprint density at radius 3 is 2.51 bits per heavy atom. The van der Waals surface area contributed by atoms with Gasteiger partial charge in [0.25, 0.3) is 5.91 Å². The maximum atomic E-state index is 14.6. The minimum absolute atomic E-state index is 0.0846. The van der Waals surface area contributed by atoms with Gasteiger partial charge in [-0.15, -0.1) is 10.2 Å². The average molecular weight is 573 g/mol. The first-order valence-corrected chi connectivity index (χ1v) is 14.5. The molecule has 10 heteroatoms. The number of carboxylic acid groups (broad SMARTS) is 1. The van der Waals surface area contributed by atoms with Crippen LogP contribution in [0.2, 0.25) is 5.02 Å². The number of halogens is 2. The molecule has 0 unspecified atom stereocenters. The van der Waals surface area contributed by atoms with E-state index >= 15 is 0 Å². The van der Waals surface area contributed by atoms with E-state index in [1.165, 1.54) is 33.9 Å². The van der Waals surface area contributed by atoms with Gasteiger partial charge in [0.1, 0.15) is 5.01 Å². The van der Waals surface area contributed by atoms with Gasteiger partial charge in [0.05, 0.1) is 16.5 Å². The zero-order chi connectivity index (χ0) is 28.1. The number of carboxylic acids is 1. The number of carbonyl (C=O) groups excluding carboxylic acids is 1. The van der Waals surface area contributed by atoms with Crippen molar-refractivity contribution in [3.05, 3.63) is 63.4 Å². The third-order valence-corrected chi connectivity index (χ3v) is 8.65. The molecule has 0 bridgehead atoms. The van der Waals surface area contributed by atoms with E-state index in [9.17, 15) is 19.1 Å². The van der Waals surface area contributed by atoms with Crippen molar-refractivity contribution in [2.24, 2.45) is 5.92 Å².